The number of alkyl halides is 1. The highest BCUT2D eigenvalue weighted by molar-refractivity contribution is 5.79. The van der Waals surface area contributed by atoms with Crippen molar-refractivity contribution in [3.63, 3.8) is 0 Å². The second-order valence-electron chi connectivity index (χ2n) is 3.52. The van der Waals surface area contributed by atoms with E-state index in [0.717, 1.165) is 0 Å². The molecule has 15 heavy (non-hydrogen) atoms. The molecule has 0 aromatic heterocycles. The normalized spacial score (nSPS) is 12.3. The second kappa shape index (κ2) is 4.91. The molecule has 1 unspecified atom stereocenters. The molecule has 3 heteroatoms. The summed E-state index contributed by atoms with van der Waals surface area (Å²) >= 11 is 0. The number of carbonyl (C=O) groups is 1. The number of halogens is 1. The Hall–Kier alpha value is -1.38. The standard InChI is InChI=1S/C12H15FO2/c1-8(14)7-11-10(9(2)13)5-4-6-12(11)15-3/h4-6,9H,7H2,1-3H3. The van der Waals surface area contributed by atoms with Crippen LogP contribution >= 0.6 is 0 Å². The summed E-state index contributed by atoms with van der Waals surface area (Å²) in [6, 6.07) is 5.16. The topological polar surface area (TPSA) is 26.3 Å². The minimum atomic E-state index is -1.09. The van der Waals surface area contributed by atoms with E-state index in [-0.39, 0.29) is 12.2 Å². The maximum atomic E-state index is 13.3. The average molecular weight is 210 g/mol. The van der Waals surface area contributed by atoms with Crippen molar-refractivity contribution in [2.24, 2.45) is 0 Å². The van der Waals surface area contributed by atoms with Crippen LogP contribution in [0.25, 0.3) is 0 Å². The minimum absolute atomic E-state index is 0.00130. The molecule has 0 N–H and O–H groups in total. The van der Waals surface area contributed by atoms with Crippen LogP contribution in [0.1, 0.15) is 31.1 Å². The summed E-state index contributed by atoms with van der Waals surface area (Å²) in [5.41, 5.74) is 1.19. The van der Waals surface area contributed by atoms with Crippen molar-refractivity contribution in [3.8, 4) is 5.75 Å². The van der Waals surface area contributed by atoms with Gasteiger partial charge in [0.05, 0.1) is 7.11 Å². The van der Waals surface area contributed by atoms with E-state index < -0.39 is 6.17 Å². The van der Waals surface area contributed by atoms with Crippen molar-refractivity contribution in [2.45, 2.75) is 26.4 Å². The maximum Gasteiger partial charge on any atom is 0.134 e. The molecule has 1 aromatic carbocycles. The van der Waals surface area contributed by atoms with Crippen LogP contribution < -0.4 is 4.74 Å². The average Bonchev–Trinajstić information content (AvgIpc) is 2.16. The van der Waals surface area contributed by atoms with Gasteiger partial charge in [0, 0.05) is 12.0 Å². The molecule has 0 radical (unpaired) electrons. The highest BCUT2D eigenvalue weighted by Gasteiger charge is 2.15. The van der Waals surface area contributed by atoms with Crippen molar-refractivity contribution < 1.29 is 13.9 Å². The van der Waals surface area contributed by atoms with Gasteiger partial charge in [-0.15, -0.1) is 0 Å². The highest BCUT2D eigenvalue weighted by atomic mass is 19.1. The first-order valence-corrected chi connectivity index (χ1v) is 4.85. The Balaban J connectivity index is 3.20. The Labute approximate surface area is 89.1 Å². The highest BCUT2D eigenvalue weighted by Crippen LogP contribution is 2.29. The van der Waals surface area contributed by atoms with Crippen molar-refractivity contribution in [1.29, 1.82) is 0 Å². The smallest absolute Gasteiger partial charge is 0.134 e. The number of carbonyl (C=O) groups excluding carboxylic acids is 1. The van der Waals surface area contributed by atoms with Crippen LogP contribution in [0.15, 0.2) is 18.2 Å². The number of Topliss-reactive ketones (excluding diaryl/α,β-unsaturated/α-hetero) is 1. The van der Waals surface area contributed by atoms with Crippen LogP contribution in [-0.2, 0) is 11.2 Å². The lowest BCUT2D eigenvalue weighted by Gasteiger charge is -2.13. The first-order valence-electron chi connectivity index (χ1n) is 4.85. The number of methoxy groups -OCH3 is 1. The molecule has 1 atom stereocenters. The van der Waals surface area contributed by atoms with Crippen LogP contribution in [0.2, 0.25) is 0 Å². The van der Waals surface area contributed by atoms with Crippen molar-refractivity contribution in [1.82, 2.24) is 0 Å². The fourth-order valence-electron chi connectivity index (χ4n) is 1.58. The van der Waals surface area contributed by atoms with Gasteiger partial charge in [0.2, 0.25) is 0 Å². The molecular weight excluding hydrogens is 195 g/mol. The number of ketones is 1. The predicted molar refractivity (Wildman–Crippen MR) is 56.9 cm³/mol. The zero-order valence-corrected chi connectivity index (χ0v) is 9.21. The van der Waals surface area contributed by atoms with E-state index in [1.165, 1.54) is 21.0 Å². The minimum Gasteiger partial charge on any atom is -0.496 e. The Kier molecular flexibility index (Phi) is 3.83. The lowest BCUT2D eigenvalue weighted by molar-refractivity contribution is -0.116. The molecule has 1 aromatic rings. The zero-order valence-electron chi connectivity index (χ0n) is 9.21. The van der Waals surface area contributed by atoms with Gasteiger partial charge in [-0.3, -0.25) is 4.79 Å². The van der Waals surface area contributed by atoms with Crippen molar-refractivity contribution in [3.05, 3.63) is 29.3 Å². The third-order valence-electron chi connectivity index (χ3n) is 2.24. The number of ether oxygens (including phenoxy) is 1. The van der Waals surface area contributed by atoms with E-state index in [1.54, 1.807) is 18.2 Å². The van der Waals surface area contributed by atoms with E-state index in [0.29, 0.717) is 16.9 Å². The van der Waals surface area contributed by atoms with Crippen molar-refractivity contribution >= 4 is 5.78 Å². The quantitative estimate of drug-likeness (QED) is 0.763. The Morgan fingerprint density at radius 2 is 2.20 bits per heavy atom. The lowest BCUT2D eigenvalue weighted by atomic mass is 9.99. The Morgan fingerprint density at radius 3 is 2.67 bits per heavy atom. The molecule has 0 saturated heterocycles. The summed E-state index contributed by atoms with van der Waals surface area (Å²) in [6.45, 7) is 2.94. The first kappa shape index (κ1) is 11.7. The third-order valence-corrected chi connectivity index (χ3v) is 2.24. The summed E-state index contributed by atoms with van der Waals surface area (Å²) in [6.07, 6.45) is -0.873. The summed E-state index contributed by atoms with van der Waals surface area (Å²) in [7, 11) is 1.52. The van der Waals surface area contributed by atoms with Gasteiger partial charge in [0.25, 0.3) is 0 Å². The molecule has 0 fully saturated rings. The van der Waals surface area contributed by atoms with Crippen LogP contribution in [-0.4, -0.2) is 12.9 Å². The van der Waals surface area contributed by atoms with Crippen LogP contribution in [0.3, 0.4) is 0 Å². The van der Waals surface area contributed by atoms with Gasteiger partial charge >= 0.3 is 0 Å². The fraction of sp³-hybridized carbons (Fsp3) is 0.417. The third kappa shape index (κ3) is 2.78. The Bertz CT molecular complexity index is 359. The van der Waals surface area contributed by atoms with Crippen LogP contribution in [0.4, 0.5) is 4.39 Å². The van der Waals surface area contributed by atoms with Gasteiger partial charge in [0.15, 0.2) is 0 Å². The SMILES string of the molecule is COc1cccc(C(C)F)c1CC(C)=O. The molecule has 0 amide bonds. The van der Waals surface area contributed by atoms with E-state index in [4.69, 9.17) is 4.74 Å². The van der Waals surface area contributed by atoms with Crippen LogP contribution in [0.5, 0.6) is 5.75 Å². The van der Waals surface area contributed by atoms with Gasteiger partial charge in [0.1, 0.15) is 17.7 Å². The van der Waals surface area contributed by atoms with E-state index >= 15 is 0 Å². The van der Waals surface area contributed by atoms with E-state index in [1.807, 2.05) is 0 Å². The van der Waals surface area contributed by atoms with Gasteiger partial charge in [-0.25, -0.2) is 4.39 Å². The van der Waals surface area contributed by atoms with Crippen LogP contribution in [0, 0.1) is 0 Å². The largest absolute Gasteiger partial charge is 0.496 e. The van der Waals surface area contributed by atoms with Gasteiger partial charge in [-0.1, -0.05) is 12.1 Å². The Morgan fingerprint density at radius 1 is 1.53 bits per heavy atom. The molecule has 0 aliphatic heterocycles. The molecule has 0 saturated carbocycles. The molecule has 0 bridgehead atoms. The summed E-state index contributed by atoms with van der Waals surface area (Å²) in [5.74, 6) is 0.577. The molecule has 82 valence electrons. The summed E-state index contributed by atoms with van der Waals surface area (Å²) in [5, 5.41) is 0. The second-order valence-corrected chi connectivity index (χ2v) is 3.52. The van der Waals surface area contributed by atoms with Crippen molar-refractivity contribution in [2.75, 3.05) is 7.11 Å². The molecule has 0 spiro atoms. The number of hydrogen-bond donors (Lipinski definition) is 0. The molecule has 0 aliphatic rings. The van der Waals surface area contributed by atoms with Gasteiger partial charge < -0.3 is 4.74 Å². The summed E-state index contributed by atoms with van der Waals surface area (Å²) < 4.78 is 18.4. The fourth-order valence-corrected chi connectivity index (χ4v) is 1.58. The number of hydrogen-bond acceptors (Lipinski definition) is 2. The summed E-state index contributed by atoms with van der Waals surface area (Å²) in [4.78, 5) is 11.1. The molecular formula is C12H15FO2. The molecule has 2 nitrogen and oxygen atoms in total. The monoisotopic (exact) mass is 210 g/mol. The molecule has 0 heterocycles. The van der Waals surface area contributed by atoms with Gasteiger partial charge in [-0.2, -0.15) is 0 Å². The van der Waals surface area contributed by atoms with E-state index in [2.05, 4.69) is 0 Å². The predicted octanol–water partition coefficient (Wildman–Crippen LogP) is 2.86. The zero-order chi connectivity index (χ0) is 11.4. The lowest BCUT2D eigenvalue weighted by Crippen LogP contribution is -2.04. The number of rotatable bonds is 4. The first-order chi connectivity index (χ1) is 7.06. The molecule has 1 rings (SSSR count). The number of benzene rings is 1. The maximum absolute atomic E-state index is 13.3. The molecule has 0 aliphatic carbocycles. The van der Waals surface area contributed by atoms with Gasteiger partial charge in [-0.05, 0) is 25.5 Å². The van der Waals surface area contributed by atoms with E-state index in [9.17, 15) is 9.18 Å².